The Hall–Kier alpha value is -3.27. The number of nitrogens with zero attached hydrogens (tertiary/aromatic N) is 2. The van der Waals surface area contributed by atoms with Gasteiger partial charge in [0, 0.05) is 18.7 Å². The number of carbonyl (C=O) groups is 2. The average molecular weight is 520 g/mol. The molecule has 0 aliphatic heterocycles. The fourth-order valence-corrected chi connectivity index (χ4v) is 4.71. The molecule has 2 aromatic rings. The number of carbonyl (C=O) groups excluding carboxylic acids is 2. The lowest BCUT2D eigenvalue weighted by Crippen LogP contribution is -2.54. The summed E-state index contributed by atoms with van der Waals surface area (Å²) in [6.07, 6.45) is 1.94. The summed E-state index contributed by atoms with van der Waals surface area (Å²) < 4.78 is 37.1. The lowest BCUT2D eigenvalue weighted by Gasteiger charge is -2.33. The van der Waals surface area contributed by atoms with Crippen molar-refractivity contribution in [2.75, 3.05) is 37.9 Å². The molecule has 0 bridgehead atoms. The van der Waals surface area contributed by atoms with Crippen molar-refractivity contribution >= 4 is 27.5 Å². The molecule has 36 heavy (non-hydrogen) atoms. The van der Waals surface area contributed by atoms with Gasteiger partial charge in [-0.25, -0.2) is 8.42 Å². The maximum Gasteiger partial charge on any atom is 0.244 e. The van der Waals surface area contributed by atoms with Crippen molar-refractivity contribution in [3.63, 3.8) is 0 Å². The number of ether oxygens (including phenoxy) is 2. The zero-order chi connectivity index (χ0) is 26.9. The van der Waals surface area contributed by atoms with Crippen LogP contribution < -0.4 is 19.1 Å². The minimum Gasteiger partial charge on any atom is -0.493 e. The number of hydrogen-bond donors (Lipinski definition) is 1. The van der Waals surface area contributed by atoms with Gasteiger partial charge in [0.2, 0.25) is 21.8 Å². The smallest absolute Gasteiger partial charge is 0.244 e. The first-order valence-corrected chi connectivity index (χ1v) is 13.7. The van der Waals surface area contributed by atoms with E-state index in [9.17, 15) is 18.0 Å². The second-order valence-electron chi connectivity index (χ2n) is 8.72. The number of hydrogen-bond acceptors (Lipinski definition) is 6. The quantitative estimate of drug-likeness (QED) is 0.436. The summed E-state index contributed by atoms with van der Waals surface area (Å²) in [7, 11) is -0.915. The van der Waals surface area contributed by atoms with Gasteiger partial charge in [-0.2, -0.15) is 0 Å². The molecule has 0 radical (unpaired) electrons. The fraction of sp³-hybridized carbons (Fsp3) is 0.462. The molecule has 1 N–H and O–H groups in total. The van der Waals surface area contributed by atoms with Gasteiger partial charge in [0.05, 0.1) is 26.2 Å². The van der Waals surface area contributed by atoms with Gasteiger partial charge in [-0.3, -0.25) is 13.9 Å². The monoisotopic (exact) mass is 519 g/mol. The highest BCUT2D eigenvalue weighted by Crippen LogP contribution is 2.32. The van der Waals surface area contributed by atoms with E-state index in [-0.39, 0.29) is 24.2 Å². The molecule has 2 amide bonds. The number of amides is 2. The Labute approximate surface area is 214 Å². The molecule has 9 nitrogen and oxygen atoms in total. The topological polar surface area (TPSA) is 105 Å². The fourth-order valence-electron chi connectivity index (χ4n) is 3.87. The molecule has 0 saturated carbocycles. The van der Waals surface area contributed by atoms with E-state index in [0.717, 1.165) is 16.1 Å². The molecule has 0 spiro atoms. The predicted molar refractivity (Wildman–Crippen MR) is 141 cm³/mol. The van der Waals surface area contributed by atoms with Crippen LogP contribution in [0.25, 0.3) is 0 Å². The van der Waals surface area contributed by atoms with Crippen LogP contribution in [0, 0.1) is 0 Å². The Morgan fingerprint density at radius 1 is 1.00 bits per heavy atom. The Balaban J connectivity index is 2.41. The first-order valence-electron chi connectivity index (χ1n) is 11.8. The predicted octanol–water partition coefficient (Wildman–Crippen LogP) is 2.84. The molecule has 0 aromatic heterocycles. The molecular weight excluding hydrogens is 482 g/mol. The normalized spacial score (nSPS) is 12.1. The highest BCUT2D eigenvalue weighted by Gasteiger charge is 2.32. The number of nitrogens with one attached hydrogen (secondary N) is 1. The summed E-state index contributed by atoms with van der Waals surface area (Å²) in [5, 5.41) is 2.88. The number of methoxy groups -OCH3 is 2. The van der Waals surface area contributed by atoms with Gasteiger partial charge in [-0.05, 0) is 44.4 Å². The summed E-state index contributed by atoms with van der Waals surface area (Å²) in [5.74, 6) is 0.0181. The van der Waals surface area contributed by atoms with Crippen molar-refractivity contribution in [1.29, 1.82) is 0 Å². The largest absolute Gasteiger partial charge is 0.493 e. The van der Waals surface area contributed by atoms with Crippen LogP contribution in [-0.4, -0.2) is 70.8 Å². The van der Waals surface area contributed by atoms with Gasteiger partial charge in [0.25, 0.3) is 0 Å². The van der Waals surface area contributed by atoms with E-state index < -0.39 is 28.5 Å². The number of benzene rings is 2. The minimum absolute atomic E-state index is 0.100. The van der Waals surface area contributed by atoms with Gasteiger partial charge >= 0.3 is 0 Å². The first-order chi connectivity index (χ1) is 17.0. The van der Waals surface area contributed by atoms with Gasteiger partial charge in [0.15, 0.2) is 11.5 Å². The summed E-state index contributed by atoms with van der Waals surface area (Å²) in [6.45, 7) is 5.33. The van der Waals surface area contributed by atoms with Crippen LogP contribution in [0.5, 0.6) is 11.5 Å². The summed E-state index contributed by atoms with van der Waals surface area (Å²) in [5.41, 5.74) is 1.26. The van der Waals surface area contributed by atoms with E-state index in [1.54, 1.807) is 12.1 Å². The van der Waals surface area contributed by atoms with Gasteiger partial charge in [-0.1, -0.05) is 37.3 Å². The Kier molecular flexibility index (Phi) is 10.6. The lowest BCUT2D eigenvalue weighted by molar-refractivity contribution is -0.139. The van der Waals surface area contributed by atoms with E-state index in [4.69, 9.17) is 9.47 Å². The van der Waals surface area contributed by atoms with Crippen molar-refractivity contribution in [3.8, 4) is 11.5 Å². The summed E-state index contributed by atoms with van der Waals surface area (Å²) in [6, 6.07) is 13.4. The van der Waals surface area contributed by atoms with Crippen LogP contribution in [0.15, 0.2) is 48.5 Å². The first kappa shape index (κ1) is 29.0. The number of sulfonamides is 1. The number of anilines is 1. The molecule has 0 saturated heterocycles. The molecule has 1 atom stereocenters. The third-order valence-electron chi connectivity index (χ3n) is 5.64. The van der Waals surface area contributed by atoms with Crippen LogP contribution in [0.2, 0.25) is 0 Å². The van der Waals surface area contributed by atoms with Crippen molar-refractivity contribution in [3.05, 3.63) is 54.1 Å². The van der Waals surface area contributed by atoms with Gasteiger partial charge in [-0.15, -0.1) is 0 Å². The number of rotatable bonds is 13. The summed E-state index contributed by atoms with van der Waals surface area (Å²) in [4.78, 5) is 28.1. The van der Waals surface area contributed by atoms with E-state index in [1.165, 1.54) is 25.2 Å². The van der Waals surface area contributed by atoms with Crippen molar-refractivity contribution in [1.82, 2.24) is 10.2 Å². The molecule has 0 fully saturated rings. The molecule has 198 valence electrons. The Morgan fingerprint density at radius 2 is 1.64 bits per heavy atom. The zero-order valence-electron chi connectivity index (χ0n) is 21.9. The van der Waals surface area contributed by atoms with E-state index >= 15 is 0 Å². The van der Waals surface area contributed by atoms with Crippen LogP contribution in [0.3, 0.4) is 0 Å². The van der Waals surface area contributed by atoms with E-state index in [2.05, 4.69) is 5.32 Å². The molecule has 0 heterocycles. The average Bonchev–Trinajstić information content (AvgIpc) is 2.83. The maximum absolute atomic E-state index is 13.6. The Morgan fingerprint density at radius 3 is 2.17 bits per heavy atom. The second kappa shape index (κ2) is 13.2. The molecule has 0 aliphatic rings. The van der Waals surface area contributed by atoms with E-state index in [0.29, 0.717) is 24.3 Å². The summed E-state index contributed by atoms with van der Waals surface area (Å²) >= 11 is 0. The molecule has 2 rings (SSSR count). The van der Waals surface area contributed by atoms with Crippen LogP contribution in [0.4, 0.5) is 5.69 Å². The molecular formula is C26H37N3O6S. The van der Waals surface area contributed by atoms with Crippen molar-refractivity contribution in [2.24, 2.45) is 0 Å². The van der Waals surface area contributed by atoms with Crippen LogP contribution >= 0.6 is 0 Å². The van der Waals surface area contributed by atoms with Gasteiger partial charge in [0.1, 0.15) is 12.6 Å². The highest BCUT2D eigenvalue weighted by molar-refractivity contribution is 7.92. The standard InChI is InChI=1S/C26H37N3O6S/c1-7-22(26(31)27-19(2)3)28(16-15-20-11-9-8-10-12-20)25(30)18-29(36(6,32)33)21-13-14-23(34-4)24(17-21)35-5/h8-14,17,19,22H,7,15-16,18H2,1-6H3,(H,27,31)/t22-/m1/s1. The third-order valence-corrected chi connectivity index (χ3v) is 6.78. The zero-order valence-corrected chi connectivity index (χ0v) is 22.7. The lowest BCUT2D eigenvalue weighted by atomic mass is 10.1. The third kappa shape index (κ3) is 7.87. The Bertz CT molecular complexity index is 1120. The molecule has 2 aromatic carbocycles. The van der Waals surface area contributed by atoms with Crippen molar-refractivity contribution < 1.29 is 27.5 Å². The molecule has 10 heteroatoms. The maximum atomic E-state index is 13.6. The van der Waals surface area contributed by atoms with Crippen LogP contribution in [0.1, 0.15) is 32.8 Å². The minimum atomic E-state index is -3.84. The van der Waals surface area contributed by atoms with Crippen molar-refractivity contribution in [2.45, 2.75) is 45.7 Å². The molecule has 0 aliphatic carbocycles. The second-order valence-corrected chi connectivity index (χ2v) is 10.6. The highest BCUT2D eigenvalue weighted by atomic mass is 32.2. The molecule has 0 unspecified atom stereocenters. The van der Waals surface area contributed by atoms with E-state index in [1.807, 2.05) is 51.1 Å². The van der Waals surface area contributed by atoms with Gasteiger partial charge < -0.3 is 19.7 Å². The van der Waals surface area contributed by atoms with Crippen LogP contribution in [-0.2, 0) is 26.0 Å². The SMILES string of the molecule is CC[C@H](C(=O)NC(C)C)N(CCc1ccccc1)C(=O)CN(c1ccc(OC)c(OC)c1)S(C)(=O)=O.